The van der Waals surface area contributed by atoms with Crippen molar-refractivity contribution in [2.75, 3.05) is 32.1 Å². The van der Waals surface area contributed by atoms with Gasteiger partial charge in [0.1, 0.15) is 0 Å². The zero-order chi connectivity index (χ0) is 11.6. The summed E-state index contributed by atoms with van der Waals surface area (Å²) in [5.74, 6) is 0.0394. The van der Waals surface area contributed by atoms with Crippen LogP contribution in [0.5, 0.6) is 0 Å². The van der Waals surface area contributed by atoms with Crippen LogP contribution >= 0.6 is 0 Å². The molecule has 15 heavy (non-hydrogen) atoms. The van der Waals surface area contributed by atoms with Gasteiger partial charge in [-0.25, -0.2) is 13.1 Å². The molecule has 3 N–H and O–H groups in total. The molecule has 0 spiro atoms. The van der Waals surface area contributed by atoms with Crippen LogP contribution in [0, 0.1) is 0 Å². The molecule has 0 aliphatic rings. The highest BCUT2D eigenvalue weighted by molar-refractivity contribution is 7.89. The van der Waals surface area contributed by atoms with E-state index in [4.69, 9.17) is 10.5 Å². The summed E-state index contributed by atoms with van der Waals surface area (Å²) in [6, 6.07) is 0. The minimum Gasteiger partial charge on any atom is -0.381 e. The molecule has 0 bridgehead atoms. The Hall–Kier alpha value is -0.170. The van der Waals surface area contributed by atoms with Crippen molar-refractivity contribution in [3.05, 3.63) is 0 Å². The molecule has 0 unspecified atom stereocenters. The van der Waals surface area contributed by atoms with Crippen molar-refractivity contribution in [3.63, 3.8) is 0 Å². The van der Waals surface area contributed by atoms with Crippen LogP contribution in [0.25, 0.3) is 0 Å². The molecule has 0 atom stereocenters. The molecule has 0 saturated carbocycles. The second kappa shape index (κ2) is 9.08. The average molecular weight is 238 g/mol. The van der Waals surface area contributed by atoms with Crippen molar-refractivity contribution in [2.24, 2.45) is 5.73 Å². The highest BCUT2D eigenvalue weighted by Crippen LogP contribution is 1.93. The van der Waals surface area contributed by atoms with E-state index in [0.717, 1.165) is 19.3 Å². The molecule has 0 fully saturated rings. The Bertz CT molecular complexity index is 230. The summed E-state index contributed by atoms with van der Waals surface area (Å²) in [5.41, 5.74) is 5.32. The molecule has 0 aromatic heterocycles. The van der Waals surface area contributed by atoms with Gasteiger partial charge in [-0.3, -0.25) is 0 Å². The van der Waals surface area contributed by atoms with Gasteiger partial charge in [-0.1, -0.05) is 6.42 Å². The number of unbranched alkanes of at least 4 members (excludes halogenated alkanes) is 2. The van der Waals surface area contributed by atoms with E-state index >= 15 is 0 Å². The van der Waals surface area contributed by atoms with Crippen molar-refractivity contribution in [2.45, 2.75) is 26.2 Å². The van der Waals surface area contributed by atoms with Crippen molar-refractivity contribution in [3.8, 4) is 0 Å². The fourth-order valence-corrected chi connectivity index (χ4v) is 2.00. The van der Waals surface area contributed by atoms with E-state index in [2.05, 4.69) is 4.72 Å². The maximum Gasteiger partial charge on any atom is 0.213 e. The Morgan fingerprint density at radius 2 is 2.00 bits per heavy atom. The first kappa shape index (κ1) is 14.8. The van der Waals surface area contributed by atoms with Crippen LogP contribution in [0.3, 0.4) is 0 Å². The number of ether oxygens (including phenoxy) is 1. The first-order valence-corrected chi connectivity index (χ1v) is 7.02. The van der Waals surface area contributed by atoms with Crippen LogP contribution in [0.1, 0.15) is 26.2 Å². The molecule has 0 heterocycles. The SMILES string of the molecule is CCOCCS(=O)(=O)NCCCCCN. The number of hydrogen-bond donors (Lipinski definition) is 2. The highest BCUT2D eigenvalue weighted by Gasteiger charge is 2.08. The molecule has 0 aliphatic heterocycles. The third-order valence-electron chi connectivity index (χ3n) is 1.90. The van der Waals surface area contributed by atoms with Gasteiger partial charge in [0.25, 0.3) is 0 Å². The third kappa shape index (κ3) is 10.1. The van der Waals surface area contributed by atoms with E-state index in [9.17, 15) is 8.42 Å². The second-order valence-corrected chi connectivity index (χ2v) is 5.19. The van der Waals surface area contributed by atoms with Crippen molar-refractivity contribution in [1.29, 1.82) is 0 Å². The summed E-state index contributed by atoms with van der Waals surface area (Å²) in [7, 11) is -3.15. The van der Waals surface area contributed by atoms with Gasteiger partial charge in [0.2, 0.25) is 10.0 Å². The van der Waals surface area contributed by atoms with Crippen molar-refractivity contribution in [1.82, 2.24) is 4.72 Å². The maximum absolute atomic E-state index is 11.3. The molecule has 92 valence electrons. The Labute approximate surface area is 92.4 Å². The summed E-state index contributed by atoms with van der Waals surface area (Å²) in [5, 5.41) is 0. The Morgan fingerprint density at radius 1 is 1.27 bits per heavy atom. The summed E-state index contributed by atoms with van der Waals surface area (Å²) in [6.45, 7) is 3.80. The molecule has 6 heteroatoms. The van der Waals surface area contributed by atoms with E-state index in [1.54, 1.807) is 0 Å². The average Bonchev–Trinajstić information content (AvgIpc) is 2.17. The van der Waals surface area contributed by atoms with Gasteiger partial charge in [-0.2, -0.15) is 0 Å². The Balaban J connectivity index is 3.47. The van der Waals surface area contributed by atoms with Gasteiger partial charge in [0.05, 0.1) is 12.4 Å². The summed E-state index contributed by atoms with van der Waals surface area (Å²) >= 11 is 0. The molecule has 0 aromatic rings. The predicted octanol–water partition coefficient (Wildman–Crippen LogP) is 0.0713. The zero-order valence-electron chi connectivity index (χ0n) is 9.37. The van der Waals surface area contributed by atoms with Gasteiger partial charge in [0.15, 0.2) is 0 Å². The van der Waals surface area contributed by atoms with Gasteiger partial charge >= 0.3 is 0 Å². The quantitative estimate of drug-likeness (QED) is 0.528. The maximum atomic E-state index is 11.3. The topological polar surface area (TPSA) is 81.4 Å². The number of rotatable bonds is 10. The predicted molar refractivity (Wildman–Crippen MR) is 61.2 cm³/mol. The molecular formula is C9H22N2O3S. The second-order valence-electron chi connectivity index (χ2n) is 3.26. The van der Waals surface area contributed by atoms with Gasteiger partial charge in [0, 0.05) is 13.2 Å². The number of nitrogens with one attached hydrogen (secondary N) is 1. The Kier molecular flexibility index (Phi) is 8.98. The minimum absolute atomic E-state index is 0.0394. The lowest BCUT2D eigenvalue weighted by molar-refractivity contribution is 0.163. The lowest BCUT2D eigenvalue weighted by atomic mass is 10.2. The molecule has 0 aliphatic carbocycles. The van der Waals surface area contributed by atoms with Crippen molar-refractivity contribution < 1.29 is 13.2 Å². The fraction of sp³-hybridized carbons (Fsp3) is 1.00. The molecule has 0 radical (unpaired) electrons. The van der Waals surface area contributed by atoms with Gasteiger partial charge in [-0.15, -0.1) is 0 Å². The van der Waals surface area contributed by atoms with E-state index < -0.39 is 10.0 Å². The Morgan fingerprint density at radius 3 is 2.60 bits per heavy atom. The normalized spacial score (nSPS) is 11.9. The van der Waals surface area contributed by atoms with Crippen LogP contribution in [-0.4, -0.2) is 40.5 Å². The first-order chi connectivity index (χ1) is 7.12. The van der Waals surface area contributed by atoms with E-state index in [-0.39, 0.29) is 12.4 Å². The summed E-state index contributed by atoms with van der Waals surface area (Å²) < 4.78 is 30.2. The fourth-order valence-electron chi connectivity index (χ4n) is 1.06. The molecular weight excluding hydrogens is 216 g/mol. The summed E-state index contributed by atoms with van der Waals surface area (Å²) in [4.78, 5) is 0. The van der Waals surface area contributed by atoms with Crippen LogP contribution in [-0.2, 0) is 14.8 Å². The van der Waals surface area contributed by atoms with Crippen LogP contribution in [0.15, 0.2) is 0 Å². The number of sulfonamides is 1. The lowest BCUT2D eigenvalue weighted by Crippen LogP contribution is -2.29. The third-order valence-corrected chi connectivity index (χ3v) is 3.25. The molecule has 0 amide bonds. The smallest absolute Gasteiger partial charge is 0.213 e. The first-order valence-electron chi connectivity index (χ1n) is 5.37. The summed E-state index contributed by atoms with van der Waals surface area (Å²) in [6.07, 6.45) is 2.75. The van der Waals surface area contributed by atoms with Crippen LogP contribution in [0.4, 0.5) is 0 Å². The molecule has 0 saturated heterocycles. The van der Waals surface area contributed by atoms with E-state index in [0.29, 0.717) is 19.7 Å². The minimum atomic E-state index is -3.15. The van der Waals surface area contributed by atoms with Crippen LogP contribution in [0.2, 0.25) is 0 Å². The van der Waals surface area contributed by atoms with Gasteiger partial charge < -0.3 is 10.5 Å². The zero-order valence-corrected chi connectivity index (χ0v) is 10.2. The monoisotopic (exact) mass is 238 g/mol. The number of hydrogen-bond acceptors (Lipinski definition) is 4. The van der Waals surface area contributed by atoms with Crippen LogP contribution < -0.4 is 10.5 Å². The largest absolute Gasteiger partial charge is 0.381 e. The van der Waals surface area contributed by atoms with Gasteiger partial charge in [-0.05, 0) is 26.3 Å². The number of nitrogens with two attached hydrogens (primary N) is 1. The van der Waals surface area contributed by atoms with E-state index in [1.807, 2.05) is 6.92 Å². The van der Waals surface area contributed by atoms with E-state index in [1.165, 1.54) is 0 Å². The highest BCUT2D eigenvalue weighted by atomic mass is 32.2. The van der Waals surface area contributed by atoms with Crippen molar-refractivity contribution >= 4 is 10.0 Å². The molecule has 0 aromatic carbocycles. The molecule has 5 nitrogen and oxygen atoms in total. The lowest BCUT2D eigenvalue weighted by Gasteiger charge is -2.06. The molecule has 0 rings (SSSR count). The standard InChI is InChI=1S/C9H22N2O3S/c1-2-14-8-9-15(12,13)11-7-5-3-4-6-10/h11H,2-10H2,1H3.